The maximum atomic E-state index is 11.7. The zero-order valence-electron chi connectivity index (χ0n) is 26.1. The Kier molecular flexibility index (Phi) is 14.9. The van der Waals surface area contributed by atoms with Gasteiger partial charge >= 0.3 is 11.9 Å². The maximum absolute atomic E-state index is 11.7. The molecule has 45 heavy (non-hydrogen) atoms. The number of benzene rings is 3. The number of hydrogen-bond acceptors (Lipinski definition) is 8. The maximum Gasteiger partial charge on any atom is 0.335 e. The second kappa shape index (κ2) is 19.1. The average molecular weight is 617 g/mol. The van der Waals surface area contributed by atoms with E-state index in [0.717, 1.165) is 35.1 Å². The molecular weight excluding hydrogens is 572 g/mol. The zero-order valence-corrected chi connectivity index (χ0v) is 26.1. The number of carbonyl (C=O) groups is 2. The van der Waals surface area contributed by atoms with Crippen LogP contribution < -0.4 is 9.47 Å². The highest BCUT2D eigenvalue weighted by Crippen LogP contribution is 2.32. The lowest BCUT2D eigenvalue weighted by molar-refractivity contribution is -0.141. The first kappa shape index (κ1) is 35.1. The lowest BCUT2D eigenvalue weighted by Crippen LogP contribution is -2.15. The van der Waals surface area contributed by atoms with Gasteiger partial charge in [0.1, 0.15) is 37.9 Å². The van der Waals surface area contributed by atoms with Crippen molar-refractivity contribution in [3.05, 3.63) is 96.6 Å². The van der Waals surface area contributed by atoms with Crippen LogP contribution in [0.4, 0.5) is 0 Å². The quantitative estimate of drug-likeness (QED) is 0.0844. The monoisotopic (exact) mass is 616 g/mol. The van der Waals surface area contributed by atoms with E-state index in [1.54, 1.807) is 0 Å². The summed E-state index contributed by atoms with van der Waals surface area (Å²) >= 11 is 0. The summed E-state index contributed by atoms with van der Waals surface area (Å²) in [6.45, 7) is 8.73. The molecule has 0 amide bonds. The minimum absolute atomic E-state index is 0.00833. The SMILES string of the molecule is C=C(CO)C(=O)OCCOc1ccc(-c2ccc(-c3cccc(OCCOC(=O)C(=C)CO)c3)c(CCCCCCC)c2)cc1. The number of hydrogen-bond donors (Lipinski definition) is 2. The van der Waals surface area contributed by atoms with Crippen molar-refractivity contribution in [3.63, 3.8) is 0 Å². The molecule has 3 aromatic carbocycles. The third kappa shape index (κ3) is 11.6. The Morgan fingerprint density at radius 3 is 1.87 bits per heavy atom. The summed E-state index contributed by atoms with van der Waals surface area (Å²) in [6, 6.07) is 22.2. The molecule has 0 atom stereocenters. The van der Waals surface area contributed by atoms with Gasteiger partial charge < -0.3 is 29.2 Å². The van der Waals surface area contributed by atoms with E-state index in [0.29, 0.717) is 11.5 Å². The molecule has 0 aliphatic carbocycles. The van der Waals surface area contributed by atoms with Crippen LogP contribution in [-0.4, -0.2) is 61.8 Å². The van der Waals surface area contributed by atoms with E-state index < -0.39 is 25.2 Å². The van der Waals surface area contributed by atoms with E-state index in [2.05, 4.69) is 44.3 Å². The van der Waals surface area contributed by atoms with Crippen LogP contribution in [0, 0.1) is 0 Å². The Bertz CT molecular complexity index is 1410. The molecule has 0 aliphatic heterocycles. The van der Waals surface area contributed by atoms with E-state index in [1.165, 1.54) is 31.2 Å². The summed E-state index contributed by atoms with van der Waals surface area (Å²) < 4.78 is 21.6. The molecule has 8 nitrogen and oxygen atoms in total. The number of carbonyl (C=O) groups excluding carboxylic acids is 2. The average Bonchev–Trinajstić information content (AvgIpc) is 3.07. The van der Waals surface area contributed by atoms with Crippen molar-refractivity contribution in [1.82, 2.24) is 0 Å². The molecule has 0 heterocycles. The molecule has 2 N–H and O–H groups in total. The molecule has 3 aromatic rings. The fraction of sp³-hybridized carbons (Fsp3) is 0.351. The van der Waals surface area contributed by atoms with Gasteiger partial charge in [-0.05, 0) is 64.9 Å². The number of ether oxygens (including phenoxy) is 4. The van der Waals surface area contributed by atoms with Gasteiger partial charge in [0.05, 0.1) is 24.4 Å². The van der Waals surface area contributed by atoms with Crippen molar-refractivity contribution in [1.29, 1.82) is 0 Å². The first-order valence-electron chi connectivity index (χ1n) is 15.4. The predicted molar refractivity (Wildman–Crippen MR) is 175 cm³/mol. The Morgan fingerprint density at radius 1 is 0.644 bits per heavy atom. The van der Waals surface area contributed by atoms with Gasteiger partial charge in [-0.3, -0.25) is 0 Å². The van der Waals surface area contributed by atoms with Gasteiger partial charge in [-0.1, -0.05) is 88.2 Å². The molecule has 0 aromatic heterocycles. The summed E-state index contributed by atoms with van der Waals surface area (Å²) in [5, 5.41) is 17.9. The summed E-state index contributed by atoms with van der Waals surface area (Å²) in [7, 11) is 0. The van der Waals surface area contributed by atoms with Crippen molar-refractivity contribution in [2.24, 2.45) is 0 Å². The van der Waals surface area contributed by atoms with Crippen LogP contribution in [0.25, 0.3) is 22.3 Å². The zero-order chi connectivity index (χ0) is 32.4. The number of unbranched alkanes of at least 4 members (excludes halogenated alkanes) is 4. The number of rotatable bonds is 20. The normalized spacial score (nSPS) is 10.6. The van der Waals surface area contributed by atoms with Gasteiger partial charge in [0.15, 0.2) is 0 Å². The van der Waals surface area contributed by atoms with Gasteiger partial charge in [0.25, 0.3) is 0 Å². The standard InChI is InChI=1S/C37H44O8/c1-4-5-6-7-8-10-31-23-30(29-13-16-33(17-14-29)42-19-21-44-36(40)27(2)25-38)15-18-35(31)32-11-9-12-34(24-32)43-20-22-45-37(41)28(3)26-39/h9,11-18,23-24,38-39H,2-8,10,19-22,25-26H2,1H3. The molecule has 0 radical (unpaired) electrons. The molecule has 240 valence electrons. The van der Waals surface area contributed by atoms with Gasteiger partial charge in [0.2, 0.25) is 0 Å². The molecule has 0 saturated heterocycles. The molecule has 0 unspecified atom stereocenters. The first-order valence-corrected chi connectivity index (χ1v) is 15.4. The molecule has 3 rings (SSSR count). The molecule has 0 spiro atoms. The summed E-state index contributed by atoms with van der Waals surface area (Å²) in [4.78, 5) is 23.3. The van der Waals surface area contributed by atoms with Gasteiger partial charge in [0, 0.05) is 0 Å². The molecular formula is C37H44O8. The molecule has 0 bridgehead atoms. The van der Waals surface area contributed by atoms with Crippen molar-refractivity contribution in [2.45, 2.75) is 45.4 Å². The molecule has 0 fully saturated rings. The Hall–Kier alpha value is -4.40. The van der Waals surface area contributed by atoms with Crippen LogP contribution >= 0.6 is 0 Å². The summed E-state index contributed by atoms with van der Waals surface area (Å²) in [5.41, 5.74) is 5.61. The topological polar surface area (TPSA) is 112 Å². The van der Waals surface area contributed by atoms with Crippen LogP contribution in [0.15, 0.2) is 91.0 Å². The smallest absolute Gasteiger partial charge is 0.335 e. The van der Waals surface area contributed by atoms with Gasteiger partial charge in [-0.25, -0.2) is 9.59 Å². The molecule has 0 aliphatic rings. The first-order chi connectivity index (χ1) is 21.9. The number of aryl methyl sites for hydroxylation is 1. The third-order valence-corrected chi connectivity index (χ3v) is 7.12. The highest BCUT2D eigenvalue weighted by molar-refractivity contribution is 5.88. The Balaban J connectivity index is 1.70. The van der Waals surface area contributed by atoms with Gasteiger partial charge in [-0.15, -0.1) is 0 Å². The van der Waals surface area contributed by atoms with Crippen LogP contribution in [-0.2, 0) is 25.5 Å². The van der Waals surface area contributed by atoms with E-state index >= 15 is 0 Å². The highest BCUT2D eigenvalue weighted by atomic mass is 16.6. The molecule has 0 saturated carbocycles. The fourth-order valence-corrected chi connectivity index (χ4v) is 4.60. The largest absolute Gasteiger partial charge is 0.490 e. The second-order valence-corrected chi connectivity index (χ2v) is 10.6. The molecule has 8 heteroatoms. The van der Waals surface area contributed by atoms with Crippen LogP contribution in [0.2, 0.25) is 0 Å². The van der Waals surface area contributed by atoms with Crippen molar-refractivity contribution in [3.8, 4) is 33.8 Å². The second-order valence-electron chi connectivity index (χ2n) is 10.6. The van der Waals surface area contributed by atoms with E-state index in [1.807, 2.05) is 42.5 Å². The van der Waals surface area contributed by atoms with E-state index in [4.69, 9.17) is 29.2 Å². The highest BCUT2D eigenvalue weighted by Gasteiger charge is 2.11. The van der Waals surface area contributed by atoms with Gasteiger partial charge in [-0.2, -0.15) is 0 Å². The summed E-state index contributed by atoms with van der Waals surface area (Å²) in [5.74, 6) is 0.0645. The van der Waals surface area contributed by atoms with Crippen molar-refractivity contribution in [2.75, 3.05) is 39.6 Å². The minimum atomic E-state index is -0.634. The summed E-state index contributed by atoms with van der Waals surface area (Å²) in [6.07, 6.45) is 6.89. The number of aliphatic hydroxyl groups excluding tert-OH is 2. The van der Waals surface area contributed by atoms with Crippen molar-refractivity contribution < 1.29 is 38.7 Å². The number of esters is 2. The van der Waals surface area contributed by atoms with Crippen LogP contribution in [0.5, 0.6) is 11.5 Å². The minimum Gasteiger partial charge on any atom is -0.490 e. The van der Waals surface area contributed by atoms with Crippen LogP contribution in [0.3, 0.4) is 0 Å². The Morgan fingerprint density at radius 2 is 1.24 bits per heavy atom. The van der Waals surface area contributed by atoms with Crippen molar-refractivity contribution >= 4 is 11.9 Å². The lowest BCUT2D eigenvalue weighted by atomic mass is 9.92. The Labute approximate surface area is 265 Å². The van der Waals surface area contributed by atoms with E-state index in [-0.39, 0.29) is 37.6 Å². The predicted octanol–water partition coefficient (Wildman–Crippen LogP) is 6.47. The third-order valence-electron chi connectivity index (χ3n) is 7.12. The van der Waals surface area contributed by atoms with Crippen LogP contribution in [0.1, 0.15) is 44.6 Å². The number of aliphatic hydroxyl groups is 2. The fourth-order valence-electron chi connectivity index (χ4n) is 4.60. The van der Waals surface area contributed by atoms with E-state index in [9.17, 15) is 9.59 Å². The lowest BCUT2D eigenvalue weighted by Gasteiger charge is -2.15.